The number of nitrogens with zero attached hydrogens (tertiary/aromatic N) is 3. The molecular weight excluding hydrogens is 280 g/mol. The van der Waals surface area contributed by atoms with Crippen LogP contribution in [0.1, 0.15) is 37.0 Å². The summed E-state index contributed by atoms with van der Waals surface area (Å²) in [5.74, 6) is 1.97. The highest BCUT2D eigenvalue weighted by Gasteiger charge is 2.17. The molecule has 3 aromatic rings. The molecule has 0 amide bonds. The van der Waals surface area contributed by atoms with Crippen molar-refractivity contribution in [2.45, 2.75) is 39.7 Å². The Morgan fingerprint density at radius 2 is 2.29 bits per heavy atom. The van der Waals surface area contributed by atoms with E-state index in [0.717, 1.165) is 35.9 Å². The zero-order valence-electron chi connectivity index (χ0n) is 12.6. The molecule has 3 rings (SSSR count). The molecule has 1 N–H and O–H groups in total. The van der Waals surface area contributed by atoms with Gasteiger partial charge < -0.3 is 9.55 Å². The SMILES string of the molecule is CCc1nc(-c2nccn2[C@H](C)Cc2ccsc2)c(C)[nH]1. The summed E-state index contributed by atoms with van der Waals surface area (Å²) >= 11 is 1.75. The van der Waals surface area contributed by atoms with E-state index in [-0.39, 0.29) is 0 Å². The first kappa shape index (κ1) is 14.1. The number of hydrogen-bond acceptors (Lipinski definition) is 3. The van der Waals surface area contributed by atoms with Gasteiger partial charge in [0.15, 0.2) is 5.82 Å². The Labute approximate surface area is 128 Å². The second-order valence-corrected chi connectivity index (χ2v) is 6.13. The molecule has 3 aromatic heterocycles. The Bertz CT molecular complexity index is 709. The first-order valence-electron chi connectivity index (χ1n) is 7.28. The number of aromatic nitrogens is 4. The Morgan fingerprint density at radius 1 is 1.43 bits per heavy atom. The summed E-state index contributed by atoms with van der Waals surface area (Å²) in [6, 6.07) is 2.55. The first-order chi connectivity index (χ1) is 10.2. The van der Waals surface area contributed by atoms with Gasteiger partial charge in [0.05, 0.1) is 0 Å². The number of aromatic amines is 1. The van der Waals surface area contributed by atoms with Gasteiger partial charge in [0, 0.05) is 30.6 Å². The number of nitrogens with one attached hydrogen (secondary N) is 1. The summed E-state index contributed by atoms with van der Waals surface area (Å²) in [5.41, 5.74) is 3.43. The van der Waals surface area contributed by atoms with Crippen LogP contribution < -0.4 is 0 Å². The molecule has 110 valence electrons. The van der Waals surface area contributed by atoms with Crippen molar-refractivity contribution in [2.24, 2.45) is 0 Å². The van der Waals surface area contributed by atoms with Gasteiger partial charge >= 0.3 is 0 Å². The molecule has 0 aliphatic rings. The van der Waals surface area contributed by atoms with Crippen LogP contribution in [-0.4, -0.2) is 19.5 Å². The average Bonchev–Trinajstić information content (AvgIpc) is 3.17. The van der Waals surface area contributed by atoms with E-state index in [1.165, 1.54) is 5.56 Å². The van der Waals surface area contributed by atoms with E-state index in [1.54, 1.807) is 11.3 Å². The molecule has 0 bridgehead atoms. The maximum atomic E-state index is 4.67. The second-order valence-electron chi connectivity index (χ2n) is 5.35. The number of aryl methyl sites for hydroxylation is 2. The number of rotatable bonds is 5. The fourth-order valence-electron chi connectivity index (χ4n) is 2.61. The minimum atomic E-state index is 0.360. The molecule has 0 radical (unpaired) electrons. The fraction of sp³-hybridized carbons (Fsp3) is 0.375. The molecule has 0 unspecified atom stereocenters. The Balaban J connectivity index is 1.91. The summed E-state index contributed by atoms with van der Waals surface area (Å²) < 4.78 is 2.22. The molecular formula is C16H20N4S. The molecule has 0 spiro atoms. The minimum absolute atomic E-state index is 0.360. The molecule has 1 atom stereocenters. The summed E-state index contributed by atoms with van der Waals surface area (Å²) in [4.78, 5) is 12.5. The third kappa shape index (κ3) is 2.78. The van der Waals surface area contributed by atoms with E-state index in [4.69, 9.17) is 0 Å². The van der Waals surface area contributed by atoms with Crippen LogP contribution >= 0.6 is 11.3 Å². The van der Waals surface area contributed by atoms with E-state index >= 15 is 0 Å². The van der Waals surface area contributed by atoms with Crippen LogP contribution in [0.4, 0.5) is 0 Å². The average molecular weight is 300 g/mol. The summed E-state index contributed by atoms with van der Waals surface area (Å²) in [6.45, 7) is 6.39. The van der Waals surface area contributed by atoms with Gasteiger partial charge in [-0.3, -0.25) is 0 Å². The normalized spacial score (nSPS) is 12.7. The van der Waals surface area contributed by atoms with Crippen LogP contribution in [-0.2, 0) is 12.8 Å². The summed E-state index contributed by atoms with van der Waals surface area (Å²) in [7, 11) is 0. The van der Waals surface area contributed by atoms with E-state index in [9.17, 15) is 0 Å². The van der Waals surface area contributed by atoms with Crippen molar-refractivity contribution in [1.82, 2.24) is 19.5 Å². The predicted octanol–water partition coefficient (Wildman–Crippen LogP) is 4.01. The molecule has 0 aliphatic heterocycles. The van der Waals surface area contributed by atoms with E-state index in [0.29, 0.717) is 6.04 Å². The Hall–Kier alpha value is -1.88. The molecule has 5 heteroatoms. The van der Waals surface area contributed by atoms with Gasteiger partial charge in [-0.05, 0) is 42.7 Å². The van der Waals surface area contributed by atoms with Crippen molar-refractivity contribution in [2.75, 3.05) is 0 Å². The van der Waals surface area contributed by atoms with Crippen LogP contribution in [0.2, 0.25) is 0 Å². The highest BCUT2D eigenvalue weighted by molar-refractivity contribution is 7.07. The quantitative estimate of drug-likeness (QED) is 0.774. The highest BCUT2D eigenvalue weighted by atomic mass is 32.1. The number of thiophene rings is 1. The zero-order valence-corrected chi connectivity index (χ0v) is 13.4. The molecule has 0 saturated carbocycles. The van der Waals surface area contributed by atoms with Gasteiger partial charge in [-0.25, -0.2) is 9.97 Å². The van der Waals surface area contributed by atoms with Crippen LogP contribution in [0.5, 0.6) is 0 Å². The summed E-state index contributed by atoms with van der Waals surface area (Å²) in [5, 5.41) is 4.34. The maximum absolute atomic E-state index is 4.67. The van der Waals surface area contributed by atoms with Crippen molar-refractivity contribution in [1.29, 1.82) is 0 Å². The highest BCUT2D eigenvalue weighted by Crippen LogP contribution is 2.25. The number of hydrogen-bond donors (Lipinski definition) is 1. The van der Waals surface area contributed by atoms with Gasteiger partial charge in [-0.1, -0.05) is 6.92 Å². The van der Waals surface area contributed by atoms with Crippen LogP contribution in [0.25, 0.3) is 11.5 Å². The van der Waals surface area contributed by atoms with Crippen molar-refractivity contribution in [3.8, 4) is 11.5 Å². The van der Waals surface area contributed by atoms with E-state index in [2.05, 4.69) is 57.1 Å². The molecule has 0 fully saturated rings. The molecule has 21 heavy (non-hydrogen) atoms. The minimum Gasteiger partial charge on any atom is -0.345 e. The maximum Gasteiger partial charge on any atom is 0.160 e. The molecule has 0 saturated heterocycles. The smallest absolute Gasteiger partial charge is 0.160 e. The Morgan fingerprint density at radius 3 is 2.95 bits per heavy atom. The lowest BCUT2D eigenvalue weighted by atomic mass is 10.1. The number of H-pyrrole nitrogens is 1. The topological polar surface area (TPSA) is 46.5 Å². The van der Waals surface area contributed by atoms with E-state index in [1.807, 2.05) is 12.4 Å². The molecule has 4 nitrogen and oxygen atoms in total. The largest absolute Gasteiger partial charge is 0.345 e. The third-order valence-corrected chi connectivity index (χ3v) is 4.47. The predicted molar refractivity (Wildman–Crippen MR) is 86.7 cm³/mol. The molecule has 3 heterocycles. The van der Waals surface area contributed by atoms with Gasteiger partial charge in [-0.15, -0.1) is 0 Å². The Kier molecular flexibility index (Phi) is 3.92. The first-order valence-corrected chi connectivity index (χ1v) is 8.23. The standard InChI is InChI=1S/C16H20N4S/c1-4-14-18-12(3)15(19-14)16-17-6-7-20(16)11(2)9-13-5-8-21-10-13/h5-8,10-11H,4,9H2,1-3H3,(H,18,19)/t11-/m1/s1. The molecule has 0 aliphatic carbocycles. The number of imidazole rings is 2. The van der Waals surface area contributed by atoms with Gasteiger partial charge in [0.1, 0.15) is 11.5 Å². The van der Waals surface area contributed by atoms with Crippen LogP contribution in [0.15, 0.2) is 29.2 Å². The van der Waals surface area contributed by atoms with Gasteiger partial charge in [0.2, 0.25) is 0 Å². The van der Waals surface area contributed by atoms with Crippen molar-refractivity contribution >= 4 is 11.3 Å². The lowest BCUT2D eigenvalue weighted by molar-refractivity contribution is 0.550. The van der Waals surface area contributed by atoms with Gasteiger partial charge in [-0.2, -0.15) is 11.3 Å². The third-order valence-electron chi connectivity index (χ3n) is 3.74. The summed E-state index contributed by atoms with van der Waals surface area (Å²) in [6.07, 6.45) is 5.83. The van der Waals surface area contributed by atoms with Crippen LogP contribution in [0.3, 0.4) is 0 Å². The van der Waals surface area contributed by atoms with Crippen LogP contribution in [0, 0.1) is 6.92 Å². The van der Waals surface area contributed by atoms with Gasteiger partial charge in [0.25, 0.3) is 0 Å². The molecule has 0 aromatic carbocycles. The van der Waals surface area contributed by atoms with Crippen molar-refractivity contribution in [3.05, 3.63) is 46.3 Å². The fourth-order valence-corrected chi connectivity index (χ4v) is 3.29. The lowest BCUT2D eigenvalue weighted by Gasteiger charge is -2.15. The lowest BCUT2D eigenvalue weighted by Crippen LogP contribution is -2.09. The monoisotopic (exact) mass is 300 g/mol. The van der Waals surface area contributed by atoms with E-state index < -0.39 is 0 Å². The van der Waals surface area contributed by atoms with Crippen molar-refractivity contribution in [3.63, 3.8) is 0 Å². The second kappa shape index (κ2) is 5.85. The zero-order chi connectivity index (χ0) is 14.8. The van der Waals surface area contributed by atoms with Crippen molar-refractivity contribution < 1.29 is 0 Å².